The van der Waals surface area contributed by atoms with E-state index in [1.165, 1.54) is 39.9 Å². The number of amides is 5. The summed E-state index contributed by atoms with van der Waals surface area (Å²) in [6, 6.07) is 6.36. The highest BCUT2D eigenvalue weighted by Crippen LogP contribution is 2.19. The molecule has 4 N–H and O–H groups in total. The van der Waals surface area contributed by atoms with Crippen molar-refractivity contribution in [2.75, 3.05) is 47.9 Å². The molecular weight excluding hydrogens is 644 g/mol. The molecule has 14 heteroatoms. The molecule has 0 aliphatic rings. The number of carbonyl (C=O) groups excluding carboxylic acids is 6. The van der Waals surface area contributed by atoms with E-state index in [9.17, 15) is 33.9 Å². The Hall–Kier alpha value is -4.04. The normalized spacial score (nSPS) is 14.4. The number of ether oxygens (including phenoxy) is 1. The number of hydrogen-bond acceptors (Lipinski definition) is 9. The average molecular weight is 705 g/mol. The van der Waals surface area contributed by atoms with E-state index >= 15 is 0 Å². The molecule has 50 heavy (non-hydrogen) atoms. The van der Waals surface area contributed by atoms with Gasteiger partial charge in [-0.05, 0) is 58.1 Å². The summed E-state index contributed by atoms with van der Waals surface area (Å²) in [5, 5.41) is 19.5. The fraction of sp³-hybridized carbons (Fsp3) is 0.667. The van der Waals surface area contributed by atoms with Gasteiger partial charge in [-0.1, -0.05) is 64.4 Å². The first-order valence-corrected chi connectivity index (χ1v) is 17.2. The Morgan fingerprint density at radius 1 is 0.860 bits per heavy atom. The van der Waals surface area contributed by atoms with E-state index < -0.39 is 54.0 Å². The van der Waals surface area contributed by atoms with Crippen LogP contribution in [0.3, 0.4) is 0 Å². The molecule has 0 radical (unpaired) electrons. The van der Waals surface area contributed by atoms with Crippen molar-refractivity contribution in [2.45, 2.75) is 97.5 Å². The van der Waals surface area contributed by atoms with Gasteiger partial charge < -0.3 is 40.5 Å². The molecule has 1 aromatic rings. The van der Waals surface area contributed by atoms with Gasteiger partial charge in [-0.25, -0.2) is 4.79 Å². The number of rotatable bonds is 20. The fourth-order valence-corrected chi connectivity index (χ4v) is 5.61. The first-order valence-electron chi connectivity index (χ1n) is 17.2. The first kappa shape index (κ1) is 44.0. The van der Waals surface area contributed by atoms with Gasteiger partial charge in [0, 0.05) is 27.2 Å². The smallest absolute Gasteiger partial charge is 0.332 e. The molecule has 5 atom stereocenters. The van der Waals surface area contributed by atoms with Crippen LogP contribution in [-0.2, 0) is 39.9 Å². The van der Waals surface area contributed by atoms with Crippen LogP contribution in [0.1, 0.15) is 66.9 Å². The van der Waals surface area contributed by atoms with Gasteiger partial charge in [0.2, 0.25) is 23.6 Å². The van der Waals surface area contributed by atoms with Crippen LogP contribution in [0.15, 0.2) is 30.3 Å². The van der Waals surface area contributed by atoms with Gasteiger partial charge >= 0.3 is 5.97 Å². The molecule has 0 spiro atoms. The number of nitrogens with zero attached hydrogens (tertiary/aromatic N) is 3. The van der Waals surface area contributed by atoms with Gasteiger partial charge in [0.05, 0.1) is 24.7 Å². The Labute approximate surface area is 297 Å². The molecule has 0 aromatic heterocycles. The number of carbonyl (C=O) groups is 6. The van der Waals surface area contributed by atoms with E-state index in [0.717, 1.165) is 21.8 Å². The summed E-state index contributed by atoms with van der Waals surface area (Å²) in [6.45, 7) is 10.8. The Morgan fingerprint density at radius 3 is 1.94 bits per heavy atom. The SMILES string of the molecule is CCC(C)C(NC)C(=O)N(C)CC(=O)NC(CC(C)C)C(=O)N(C)C(C(=O)OCC(=O)N(C)CC(=O)NC(C)Cc1ccccc1)C(C)(C)O. The van der Waals surface area contributed by atoms with Crippen molar-refractivity contribution in [3.8, 4) is 0 Å². The predicted octanol–water partition coefficient (Wildman–Crippen LogP) is 0.957. The summed E-state index contributed by atoms with van der Waals surface area (Å²) in [6.07, 6.45) is 1.58. The van der Waals surface area contributed by atoms with Crippen LogP contribution in [-0.4, -0.2) is 133 Å². The molecule has 0 aliphatic heterocycles. The summed E-state index contributed by atoms with van der Waals surface area (Å²) in [5.74, 6) is -3.59. The minimum Gasteiger partial charge on any atom is -0.454 e. The van der Waals surface area contributed by atoms with Crippen molar-refractivity contribution in [1.29, 1.82) is 0 Å². The highest BCUT2D eigenvalue weighted by Gasteiger charge is 2.42. The van der Waals surface area contributed by atoms with Crippen LogP contribution in [0.25, 0.3) is 0 Å². The van der Waals surface area contributed by atoms with Crippen molar-refractivity contribution >= 4 is 35.5 Å². The largest absolute Gasteiger partial charge is 0.454 e. The lowest BCUT2D eigenvalue weighted by Crippen LogP contribution is -2.60. The second kappa shape index (κ2) is 20.6. The van der Waals surface area contributed by atoms with Crippen molar-refractivity contribution < 1.29 is 38.6 Å². The quantitative estimate of drug-likeness (QED) is 0.144. The number of esters is 1. The van der Waals surface area contributed by atoms with E-state index in [2.05, 4.69) is 16.0 Å². The van der Waals surface area contributed by atoms with E-state index in [0.29, 0.717) is 6.42 Å². The Morgan fingerprint density at radius 2 is 1.42 bits per heavy atom. The number of nitrogens with one attached hydrogen (secondary N) is 3. The third-order valence-electron chi connectivity index (χ3n) is 8.45. The van der Waals surface area contributed by atoms with Crippen LogP contribution < -0.4 is 16.0 Å². The molecule has 282 valence electrons. The van der Waals surface area contributed by atoms with Gasteiger partial charge in [-0.2, -0.15) is 0 Å². The lowest BCUT2D eigenvalue weighted by atomic mass is 9.95. The van der Waals surface area contributed by atoms with Gasteiger partial charge in [0.15, 0.2) is 12.6 Å². The Kier molecular flexibility index (Phi) is 18.1. The molecule has 5 amide bonds. The maximum absolute atomic E-state index is 13.8. The first-order chi connectivity index (χ1) is 23.2. The minimum absolute atomic E-state index is 0.0367. The highest BCUT2D eigenvalue weighted by molar-refractivity contribution is 5.93. The monoisotopic (exact) mass is 704 g/mol. The maximum atomic E-state index is 13.8. The number of benzene rings is 1. The number of hydrogen-bond donors (Lipinski definition) is 4. The second-order valence-corrected chi connectivity index (χ2v) is 14.1. The van der Waals surface area contributed by atoms with E-state index in [1.807, 2.05) is 65.0 Å². The molecule has 0 aliphatic carbocycles. The lowest BCUT2D eigenvalue weighted by Gasteiger charge is -2.37. The molecule has 0 heterocycles. The third-order valence-corrected chi connectivity index (χ3v) is 8.45. The van der Waals surface area contributed by atoms with E-state index in [1.54, 1.807) is 7.05 Å². The summed E-state index contributed by atoms with van der Waals surface area (Å²) < 4.78 is 5.26. The summed E-state index contributed by atoms with van der Waals surface area (Å²) in [7, 11) is 5.90. The van der Waals surface area contributed by atoms with E-state index in [-0.39, 0.29) is 49.2 Å². The van der Waals surface area contributed by atoms with Gasteiger partial charge in [-0.15, -0.1) is 0 Å². The second-order valence-electron chi connectivity index (χ2n) is 14.1. The maximum Gasteiger partial charge on any atom is 0.332 e. The molecular formula is C36H60N6O8. The summed E-state index contributed by atoms with van der Waals surface area (Å²) in [5.41, 5.74) is -0.749. The van der Waals surface area contributed by atoms with Crippen molar-refractivity contribution in [3.05, 3.63) is 35.9 Å². The average Bonchev–Trinajstić information content (AvgIpc) is 3.02. The van der Waals surface area contributed by atoms with Crippen molar-refractivity contribution in [2.24, 2.45) is 11.8 Å². The summed E-state index contributed by atoms with van der Waals surface area (Å²) >= 11 is 0. The number of aliphatic hydroxyl groups is 1. The predicted molar refractivity (Wildman–Crippen MR) is 191 cm³/mol. The van der Waals surface area contributed by atoms with Gasteiger partial charge in [0.1, 0.15) is 6.04 Å². The zero-order valence-corrected chi connectivity index (χ0v) is 31.7. The molecule has 1 rings (SSSR count). The highest BCUT2D eigenvalue weighted by atomic mass is 16.5. The summed E-state index contributed by atoms with van der Waals surface area (Å²) in [4.78, 5) is 81.9. The van der Waals surface area contributed by atoms with Crippen molar-refractivity contribution in [3.63, 3.8) is 0 Å². The van der Waals surface area contributed by atoms with E-state index in [4.69, 9.17) is 4.74 Å². The number of likely N-dealkylation sites (N-methyl/N-ethyl adjacent to an activating group) is 4. The molecule has 0 saturated carbocycles. The van der Waals surface area contributed by atoms with Crippen molar-refractivity contribution in [1.82, 2.24) is 30.7 Å². The van der Waals surface area contributed by atoms with Crippen LogP contribution in [0.5, 0.6) is 0 Å². The van der Waals surface area contributed by atoms with Crippen LogP contribution in [0.4, 0.5) is 0 Å². The Balaban J connectivity index is 2.91. The third kappa shape index (κ3) is 14.4. The van der Waals surface area contributed by atoms with Gasteiger partial charge in [-0.3, -0.25) is 24.0 Å². The zero-order valence-electron chi connectivity index (χ0n) is 31.7. The fourth-order valence-electron chi connectivity index (χ4n) is 5.61. The molecule has 5 unspecified atom stereocenters. The van der Waals surface area contributed by atoms with Crippen LogP contribution >= 0.6 is 0 Å². The topological polar surface area (TPSA) is 178 Å². The standard InChI is InChI=1S/C36H60N6O8/c1-12-24(4)31(37-8)34(47)41(10)21-29(44)39-27(18-23(2)3)33(46)42(11)32(36(6,7)49)35(48)50-22-30(45)40(9)20-28(43)38-25(5)19-26-16-14-13-15-17-26/h13-17,23-25,27,31-32,37,49H,12,18-22H2,1-11H3,(H,38,43)(H,39,44). The molecule has 0 fully saturated rings. The van der Waals surface area contributed by atoms with Crippen LogP contribution in [0, 0.1) is 11.8 Å². The Bertz CT molecular complexity index is 1280. The zero-order chi connectivity index (χ0) is 38.3. The lowest BCUT2D eigenvalue weighted by molar-refractivity contribution is -0.167. The van der Waals surface area contributed by atoms with Gasteiger partial charge in [0.25, 0.3) is 5.91 Å². The molecule has 1 aromatic carbocycles. The van der Waals surface area contributed by atoms with Crippen LogP contribution in [0.2, 0.25) is 0 Å². The molecule has 0 saturated heterocycles. The minimum atomic E-state index is -1.80. The molecule has 14 nitrogen and oxygen atoms in total. The molecule has 0 bridgehead atoms.